The van der Waals surface area contributed by atoms with E-state index in [4.69, 9.17) is 0 Å². The molecule has 0 aliphatic heterocycles. The summed E-state index contributed by atoms with van der Waals surface area (Å²) in [5.74, 6) is 0.713. The van der Waals surface area contributed by atoms with E-state index in [2.05, 4.69) is 87.6 Å². The minimum absolute atomic E-state index is 0.355. The first kappa shape index (κ1) is 15.8. The van der Waals surface area contributed by atoms with Crippen molar-refractivity contribution in [2.45, 2.75) is 46.2 Å². The van der Waals surface area contributed by atoms with Crippen LogP contribution < -0.4 is 5.32 Å². The molecule has 1 unspecified atom stereocenters. The molecule has 0 radical (unpaired) electrons. The van der Waals surface area contributed by atoms with E-state index >= 15 is 0 Å². The summed E-state index contributed by atoms with van der Waals surface area (Å²) in [5, 5.41) is 3.67. The highest BCUT2D eigenvalue weighted by molar-refractivity contribution is 5.26. The zero-order valence-electron chi connectivity index (χ0n) is 13.6. The van der Waals surface area contributed by atoms with E-state index in [1.54, 1.807) is 0 Å². The lowest BCUT2D eigenvalue weighted by atomic mass is 9.99. The highest BCUT2D eigenvalue weighted by Gasteiger charge is 2.10. The molecule has 1 N–H and O–H groups in total. The average Bonchev–Trinajstić information content (AvgIpc) is 2.48. The van der Waals surface area contributed by atoms with Gasteiger partial charge in [0.25, 0.3) is 0 Å². The molecule has 112 valence electrons. The zero-order valence-corrected chi connectivity index (χ0v) is 13.6. The summed E-state index contributed by atoms with van der Waals surface area (Å²) in [7, 11) is 0. The van der Waals surface area contributed by atoms with E-state index in [9.17, 15) is 0 Å². The molecule has 0 saturated carbocycles. The molecule has 2 aromatic carbocycles. The quantitative estimate of drug-likeness (QED) is 0.758. The Bertz CT molecular complexity index is 528. The third kappa shape index (κ3) is 4.71. The van der Waals surface area contributed by atoms with Gasteiger partial charge in [-0.1, -0.05) is 68.4 Å². The van der Waals surface area contributed by atoms with Gasteiger partial charge >= 0.3 is 0 Å². The molecule has 2 rings (SSSR count). The molecule has 0 aliphatic carbocycles. The Morgan fingerprint density at radius 3 is 1.76 bits per heavy atom. The maximum atomic E-state index is 3.67. The maximum absolute atomic E-state index is 3.67. The normalized spacial score (nSPS) is 14.1. The molecule has 0 spiro atoms. The van der Waals surface area contributed by atoms with Gasteiger partial charge in [-0.3, -0.25) is 0 Å². The van der Waals surface area contributed by atoms with Crippen LogP contribution in [0.5, 0.6) is 0 Å². The fraction of sp³-hybridized carbons (Fsp3) is 0.400. The number of nitrogens with one attached hydrogen (secondary N) is 1. The standard InChI is InChI=1S/C20H27N/c1-15(2)14-18-10-12-20(13-11-18)17(4)21-16(3)19-8-6-5-7-9-19/h5-13,15-17,21H,14H2,1-4H3/t16-,17?/m1/s1. The zero-order chi connectivity index (χ0) is 15.2. The smallest absolute Gasteiger partial charge is 0.0297 e. The first-order valence-electron chi connectivity index (χ1n) is 7.96. The van der Waals surface area contributed by atoms with Crippen LogP contribution in [-0.4, -0.2) is 0 Å². The lowest BCUT2D eigenvalue weighted by Gasteiger charge is -2.21. The summed E-state index contributed by atoms with van der Waals surface area (Å²) in [6.45, 7) is 8.98. The lowest BCUT2D eigenvalue weighted by molar-refractivity contribution is 0.494. The summed E-state index contributed by atoms with van der Waals surface area (Å²) in [5.41, 5.74) is 4.11. The number of hydrogen-bond donors (Lipinski definition) is 1. The summed E-state index contributed by atoms with van der Waals surface area (Å²) < 4.78 is 0. The van der Waals surface area contributed by atoms with E-state index in [0.29, 0.717) is 18.0 Å². The van der Waals surface area contributed by atoms with Crippen molar-refractivity contribution in [1.82, 2.24) is 5.32 Å². The van der Waals surface area contributed by atoms with Crippen molar-refractivity contribution in [2.75, 3.05) is 0 Å². The van der Waals surface area contributed by atoms with Gasteiger partial charge in [0.2, 0.25) is 0 Å². The Hall–Kier alpha value is -1.60. The van der Waals surface area contributed by atoms with E-state index in [-0.39, 0.29) is 0 Å². The summed E-state index contributed by atoms with van der Waals surface area (Å²) in [6, 6.07) is 20.4. The molecule has 2 aromatic rings. The second-order valence-electron chi connectivity index (χ2n) is 6.36. The molecule has 0 aromatic heterocycles. The van der Waals surface area contributed by atoms with E-state index < -0.39 is 0 Å². The highest BCUT2D eigenvalue weighted by Crippen LogP contribution is 2.20. The van der Waals surface area contributed by atoms with Crippen LogP contribution in [0.2, 0.25) is 0 Å². The fourth-order valence-electron chi connectivity index (χ4n) is 2.72. The minimum atomic E-state index is 0.355. The van der Waals surface area contributed by atoms with Crippen LogP contribution in [0.1, 0.15) is 56.5 Å². The van der Waals surface area contributed by atoms with Gasteiger partial charge < -0.3 is 5.32 Å². The molecule has 0 amide bonds. The first-order chi connectivity index (χ1) is 10.1. The molecule has 0 fully saturated rings. The van der Waals surface area contributed by atoms with Crippen molar-refractivity contribution >= 4 is 0 Å². The van der Waals surface area contributed by atoms with E-state index in [0.717, 1.165) is 6.42 Å². The molecule has 0 bridgehead atoms. The Labute approximate surface area is 129 Å². The Balaban J connectivity index is 1.98. The molecule has 1 heteroatoms. The summed E-state index contributed by atoms with van der Waals surface area (Å²) in [6.07, 6.45) is 1.16. The SMILES string of the molecule is CC(C)Cc1ccc(C(C)N[C@H](C)c2ccccc2)cc1. The number of hydrogen-bond acceptors (Lipinski definition) is 1. The Kier molecular flexibility index (Phi) is 5.58. The molecular formula is C20H27N. The molecule has 0 heterocycles. The summed E-state index contributed by atoms with van der Waals surface area (Å²) >= 11 is 0. The largest absolute Gasteiger partial charge is 0.304 e. The third-order valence-corrected chi connectivity index (χ3v) is 3.92. The average molecular weight is 281 g/mol. The minimum Gasteiger partial charge on any atom is -0.304 e. The predicted molar refractivity (Wildman–Crippen MR) is 91.4 cm³/mol. The Morgan fingerprint density at radius 2 is 1.24 bits per heavy atom. The van der Waals surface area contributed by atoms with Gasteiger partial charge in [-0.25, -0.2) is 0 Å². The van der Waals surface area contributed by atoms with Gasteiger partial charge in [-0.2, -0.15) is 0 Å². The van der Waals surface area contributed by atoms with Crippen molar-refractivity contribution in [3.05, 3.63) is 71.3 Å². The molecule has 21 heavy (non-hydrogen) atoms. The van der Waals surface area contributed by atoms with Crippen LogP contribution in [0.15, 0.2) is 54.6 Å². The van der Waals surface area contributed by atoms with Crippen LogP contribution in [0.25, 0.3) is 0 Å². The van der Waals surface area contributed by atoms with Gasteiger partial charge in [0, 0.05) is 12.1 Å². The maximum Gasteiger partial charge on any atom is 0.0297 e. The second kappa shape index (κ2) is 7.42. The van der Waals surface area contributed by atoms with Gasteiger partial charge in [-0.05, 0) is 42.9 Å². The third-order valence-electron chi connectivity index (χ3n) is 3.92. The van der Waals surface area contributed by atoms with Gasteiger partial charge in [0.1, 0.15) is 0 Å². The number of benzene rings is 2. The van der Waals surface area contributed by atoms with Gasteiger partial charge in [0.05, 0.1) is 0 Å². The van der Waals surface area contributed by atoms with Crippen LogP contribution in [0.3, 0.4) is 0 Å². The molecular weight excluding hydrogens is 254 g/mol. The van der Waals surface area contributed by atoms with Gasteiger partial charge in [-0.15, -0.1) is 0 Å². The van der Waals surface area contributed by atoms with Crippen LogP contribution in [0, 0.1) is 5.92 Å². The van der Waals surface area contributed by atoms with Gasteiger partial charge in [0.15, 0.2) is 0 Å². The van der Waals surface area contributed by atoms with Crippen molar-refractivity contribution in [3.63, 3.8) is 0 Å². The fourth-order valence-corrected chi connectivity index (χ4v) is 2.72. The van der Waals surface area contributed by atoms with Crippen LogP contribution >= 0.6 is 0 Å². The monoisotopic (exact) mass is 281 g/mol. The van der Waals surface area contributed by atoms with Crippen molar-refractivity contribution in [1.29, 1.82) is 0 Å². The molecule has 1 nitrogen and oxygen atoms in total. The second-order valence-corrected chi connectivity index (χ2v) is 6.36. The van der Waals surface area contributed by atoms with Crippen molar-refractivity contribution in [3.8, 4) is 0 Å². The van der Waals surface area contributed by atoms with Crippen molar-refractivity contribution < 1.29 is 0 Å². The van der Waals surface area contributed by atoms with Crippen LogP contribution in [0.4, 0.5) is 0 Å². The molecule has 0 saturated heterocycles. The molecule has 0 aliphatic rings. The number of rotatable bonds is 6. The van der Waals surface area contributed by atoms with Crippen molar-refractivity contribution in [2.24, 2.45) is 5.92 Å². The lowest BCUT2D eigenvalue weighted by Crippen LogP contribution is -2.22. The first-order valence-corrected chi connectivity index (χ1v) is 7.96. The highest BCUT2D eigenvalue weighted by atomic mass is 14.9. The Morgan fingerprint density at radius 1 is 0.714 bits per heavy atom. The molecule has 2 atom stereocenters. The van der Waals surface area contributed by atoms with Crippen LogP contribution in [-0.2, 0) is 6.42 Å². The topological polar surface area (TPSA) is 12.0 Å². The van der Waals surface area contributed by atoms with E-state index in [1.165, 1.54) is 16.7 Å². The summed E-state index contributed by atoms with van der Waals surface area (Å²) in [4.78, 5) is 0. The predicted octanol–water partition coefficient (Wildman–Crippen LogP) is 5.30. The van der Waals surface area contributed by atoms with E-state index in [1.807, 2.05) is 0 Å².